The molecule has 0 aliphatic heterocycles. The number of nitriles is 1. The van der Waals surface area contributed by atoms with Crippen molar-refractivity contribution in [3.63, 3.8) is 0 Å². The highest BCUT2D eigenvalue weighted by molar-refractivity contribution is 5.42. The molecular formula is C15H15F2N. The van der Waals surface area contributed by atoms with Gasteiger partial charge in [-0.15, -0.1) is 6.58 Å². The molecule has 0 bridgehead atoms. The van der Waals surface area contributed by atoms with E-state index in [-0.39, 0.29) is 0 Å². The number of allylic oxidation sites excluding steroid dienone is 1. The molecule has 1 aliphatic rings. The molecule has 0 atom stereocenters. The third-order valence-corrected chi connectivity index (χ3v) is 3.88. The van der Waals surface area contributed by atoms with E-state index in [2.05, 4.69) is 6.58 Å². The predicted octanol–water partition coefficient (Wildman–Crippen LogP) is 4.22. The van der Waals surface area contributed by atoms with E-state index in [1.54, 1.807) is 12.1 Å². The van der Waals surface area contributed by atoms with Crippen molar-refractivity contribution in [1.29, 1.82) is 5.26 Å². The number of benzene rings is 1. The summed E-state index contributed by atoms with van der Waals surface area (Å²) in [5.74, 6) is -1.52. The average molecular weight is 247 g/mol. The summed E-state index contributed by atoms with van der Waals surface area (Å²) in [5, 5.41) is 8.82. The van der Waals surface area contributed by atoms with Crippen molar-refractivity contribution >= 4 is 0 Å². The highest BCUT2D eigenvalue weighted by Gasteiger charge is 2.34. The fourth-order valence-corrected chi connectivity index (χ4v) is 2.81. The molecule has 0 amide bonds. The maximum atomic E-state index is 14.2. The Hall–Kier alpha value is -1.69. The van der Waals surface area contributed by atoms with Gasteiger partial charge in [0.25, 0.3) is 0 Å². The maximum Gasteiger partial charge on any atom is 0.148 e. The number of hydrogen-bond donors (Lipinski definition) is 0. The molecule has 1 aromatic rings. The average Bonchev–Trinajstić information content (AvgIpc) is 2.40. The second-order valence-corrected chi connectivity index (χ2v) is 4.82. The van der Waals surface area contributed by atoms with E-state index in [0.29, 0.717) is 5.56 Å². The van der Waals surface area contributed by atoms with Crippen LogP contribution in [0.2, 0.25) is 0 Å². The summed E-state index contributed by atoms with van der Waals surface area (Å²) in [6.07, 6.45) is 6.51. The van der Waals surface area contributed by atoms with Gasteiger partial charge in [-0.05, 0) is 24.5 Å². The maximum absolute atomic E-state index is 14.2. The molecule has 2 rings (SSSR count). The Kier molecular flexibility index (Phi) is 3.47. The van der Waals surface area contributed by atoms with E-state index < -0.39 is 22.6 Å². The Balaban J connectivity index is 2.56. The van der Waals surface area contributed by atoms with E-state index in [0.717, 1.165) is 32.1 Å². The summed E-state index contributed by atoms with van der Waals surface area (Å²) in [6, 6.07) is 4.23. The lowest BCUT2D eigenvalue weighted by Crippen LogP contribution is -2.28. The second-order valence-electron chi connectivity index (χ2n) is 4.82. The molecule has 1 aliphatic carbocycles. The predicted molar refractivity (Wildman–Crippen MR) is 66.0 cm³/mol. The summed E-state index contributed by atoms with van der Waals surface area (Å²) >= 11 is 0. The monoisotopic (exact) mass is 247 g/mol. The van der Waals surface area contributed by atoms with Crippen LogP contribution in [0.5, 0.6) is 0 Å². The zero-order chi connectivity index (χ0) is 13.2. The molecule has 1 fully saturated rings. The lowest BCUT2D eigenvalue weighted by molar-refractivity contribution is 0.345. The highest BCUT2D eigenvalue weighted by atomic mass is 19.1. The van der Waals surface area contributed by atoms with Gasteiger partial charge in [0.05, 0.1) is 0 Å². The minimum absolute atomic E-state index is 0.412. The lowest BCUT2D eigenvalue weighted by Gasteiger charge is -2.35. The summed E-state index contributed by atoms with van der Waals surface area (Å²) < 4.78 is 27.6. The fraction of sp³-hybridized carbons (Fsp3) is 0.400. The lowest BCUT2D eigenvalue weighted by atomic mass is 9.69. The minimum atomic E-state index is -0.797. The number of nitrogens with zero attached hydrogens (tertiary/aromatic N) is 1. The first kappa shape index (κ1) is 12.8. The molecule has 0 spiro atoms. The van der Waals surface area contributed by atoms with Crippen LogP contribution in [0.25, 0.3) is 0 Å². The van der Waals surface area contributed by atoms with E-state index in [1.807, 2.05) is 0 Å². The summed E-state index contributed by atoms with van der Waals surface area (Å²) in [4.78, 5) is 0. The van der Waals surface area contributed by atoms with Gasteiger partial charge in [0, 0.05) is 5.41 Å². The normalized spacial score (nSPS) is 18.1. The topological polar surface area (TPSA) is 23.8 Å². The van der Waals surface area contributed by atoms with Crippen molar-refractivity contribution in [2.75, 3.05) is 0 Å². The molecule has 0 N–H and O–H groups in total. The molecule has 94 valence electrons. The zero-order valence-electron chi connectivity index (χ0n) is 10.2. The zero-order valence-corrected chi connectivity index (χ0v) is 10.2. The van der Waals surface area contributed by atoms with Crippen LogP contribution in [0.4, 0.5) is 8.78 Å². The Morgan fingerprint density at radius 2 is 1.89 bits per heavy atom. The smallest absolute Gasteiger partial charge is 0.148 e. The van der Waals surface area contributed by atoms with Crippen LogP contribution in [0.1, 0.15) is 43.2 Å². The standard InChI is InChI=1S/C15H15F2N/c1-2-15(8-4-3-5-9-15)12-6-7-13(16)11(10-18)14(12)17/h2,6-7H,1,3-5,8-9H2. The molecule has 1 saturated carbocycles. The van der Waals surface area contributed by atoms with Crippen molar-refractivity contribution in [2.24, 2.45) is 0 Å². The number of rotatable bonds is 2. The van der Waals surface area contributed by atoms with E-state index in [9.17, 15) is 8.78 Å². The first-order valence-electron chi connectivity index (χ1n) is 6.17. The molecule has 0 radical (unpaired) electrons. The Labute approximate surface area is 106 Å². The third kappa shape index (κ3) is 1.92. The Morgan fingerprint density at radius 3 is 2.44 bits per heavy atom. The van der Waals surface area contributed by atoms with E-state index >= 15 is 0 Å². The third-order valence-electron chi connectivity index (χ3n) is 3.88. The van der Waals surface area contributed by atoms with Crippen LogP contribution in [0.15, 0.2) is 24.8 Å². The van der Waals surface area contributed by atoms with Crippen molar-refractivity contribution in [3.05, 3.63) is 47.5 Å². The molecule has 18 heavy (non-hydrogen) atoms. The molecule has 0 heterocycles. The molecule has 0 aromatic heterocycles. The van der Waals surface area contributed by atoms with Gasteiger partial charge in [0.2, 0.25) is 0 Å². The summed E-state index contributed by atoms with van der Waals surface area (Å²) in [7, 11) is 0. The molecule has 1 aromatic carbocycles. The van der Waals surface area contributed by atoms with Gasteiger partial charge < -0.3 is 0 Å². The molecule has 0 unspecified atom stereocenters. The molecule has 1 nitrogen and oxygen atoms in total. The number of hydrogen-bond acceptors (Lipinski definition) is 1. The van der Waals surface area contributed by atoms with Crippen LogP contribution in [-0.4, -0.2) is 0 Å². The number of halogens is 2. The molecule has 0 saturated heterocycles. The largest absolute Gasteiger partial charge is 0.205 e. The SMILES string of the molecule is C=CC1(c2ccc(F)c(C#N)c2F)CCCCC1. The molecular weight excluding hydrogens is 232 g/mol. The van der Waals surface area contributed by atoms with Crippen LogP contribution >= 0.6 is 0 Å². The van der Waals surface area contributed by atoms with Crippen molar-refractivity contribution in [1.82, 2.24) is 0 Å². The van der Waals surface area contributed by atoms with Gasteiger partial charge in [-0.1, -0.05) is 31.4 Å². The van der Waals surface area contributed by atoms with Crippen LogP contribution in [0, 0.1) is 23.0 Å². The minimum Gasteiger partial charge on any atom is -0.205 e. The Morgan fingerprint density at radius 1 is 1.22 bits per heavy atom. The van der Waals surface area contributed by atoms with Crippen molar-refractivity contribution in [3.8, 4) is 6.07 Å². The first-order valence-corrected chi connectivity index (χ1v) is 6.17. The molecule has 3 heteroatoms. The van der Waals surface area contributed by atoms with E-state index in [1.165, 1.54) is 12.1 Å². The van der Waals surface area contributed by atoms with Gasteiger partial charge in [-0.3, -0.25) is 0 Å². The van der Waals surface area contributed by atoms with Crippen molar-refractivity contribution < 1.29 is 8.78 Å². The highest BCUT2D eigenvalue weighted by Crippen LogP contribution is 2.42. The summed E-state index contributed by atoms with van der Waals surface area (Å²) in [6.45, 7) is 3.81. The Bertz CT molecular complexity index is 508. The van der Waals surface area contributed by atoms with Gasteiger partial charge in [-0.2, -0.15) is 5.26 Å². The second kappa shape index (κ2) is 4.89. The quantitative estimate of drug-likeness (QED) is 0.718. The fourth-order valence-electron chi connectivity index (χ4n) is 2.81. The first-order chi connectivity index (χ1) is 8.64. The van der Waals surface area contributed by atoms with Crippen molar-refractivity contribution in [2.45, 2.75) is 37.5 Å². The van der Waals surface area contributed by atoms with Crippen LogP contribution in [-0.2, 0) is 5.41 Å². The van der Waals surface area contributed by atoms with E-state index in [4.69, 9.17) is 5.26 Å². The van der Waals surface area contributed by atoms with Gasteiger partial charge in [0.1, 0.15) is 23.3 Å². The van der Waals surface area contributed by atoms with Gasteiger partial charge in [-0.25, -0.2) is 8.78 Å². The van der Waals surface area contributed by atoms with Crippen LogP contribution in [0.3, 0.4) is 0 Å². The van der Waals surface area contributed by atoms with Crippen LogP contribution < -0.4 is 0 Å². The van der Waals surface area contributed by atoms with Gasteiger partial charge >= 0.3 is 0 Å². The van der Waals surface area contributed by atoms with Gasteiger partial charge in [0.15, 0.2) is 0 Å². The summed E-state index contributed by atoms with van der Waals surface area (Å²) in [5.41, 5.74) is -0.517.